The summed E-state index contributed by atoms with van der Waals surface area (Å²) in [4.78, 5) is 12.0. The Morgan fingerprint density at radius 2 is 1.95 bits per heavy atom. The standard InChI is InChI=1S/C18H28N2OS/c1-18(2,3)22-19-12-5-4-9-17(21)20-16-11-10-14-7-6-8-15(14)13-16/h10-11,13,19H,4-9,12H2,1-3H3,(H,20,21). The minimum atomic E-state index is 0.126. The first-order chi connectivity index (χ1) is 10.4. The van der Waals surface area contributed by atoms with Crippen LogP contribution in [0.15, 0.2) is 18.2 Å². The summed E-state index contributed by atoms with van der Waals surface area (Å²) in [6.07, 6.45) is 6.12. The Kier molecular flexibility index (Phi) is 6.33. The van der Waals surface area contributed by atoms with Crippen molar-refractivity contribution >= 4 is 23.5 Å². The minimum Gasteiger partial charge on any atom is -0.326 e. The molecule has 0 atom stereocenters. The number of unbranched alkanes of at least 4 members (excludes halogenated alkanes) is 1. The van der Waals surface area contributed by atoms with Gasteiger partial charge in [-0.2, -0.15) is 0 Å². The van der Waals surface area contributed by atoms with Crippen LogP contribution in [0.1, 0.15) is 57.6 Å². The Balaban J connectivity index is 1.62. The summed E-state index contributed by atoms with van der Waals surface area (Å²) in [5.74, 6) is 0.126. The topological polar surface area (TPSA) is 41.1 Å². The number of rotatable bonds is 7. The van der Waals surface area contributed by atoms with Crippen molar-refractivity contribution in [1.82, 2.24) is 4.72 Å². The van der Waals surface area contributed by atoms with Crippen LogP contribution in [0, 0.1) is 0 Å². The molecule has 1 aromatic rings. The first-order valence-corrected chi connectivity index (χ1v) is 9.08. The second-order valence-corrected chi connectivity index (χ2v) is 8.67. The van der Waals surface area contributed by atoms with E-state index >= 15 is 0 Å². The van der Waals surface area contributed by atoms with Crippen molar-refractivity contribution in [2.75, 3.05) is 11.9 Å². The molecule has 0 unspecified atom stereocenters. The van der Waals surface area contributed by atoms with Gasteiger partial charge in [-0.05, 0) is 76.1 Å². The number of amides is 1. The highest BCUT2D eigenvalue weighted by Gasteiger charge is 2.12. The molecule has 22 heavy (non-hydrogen) atoms. The van der Waals surface area contributed by atoms with Crippen LogP contribution in [0.25, 0.3) is 0 Å². The number of hydrogen-bond donors (Lipinski definition) is 2. The highest BCUT2D eigenvalue weighted by atomic mass is 32.2. The molecule has 2 N–H and O–H groups in total. The smallest absolute Gasteiger partial charge is 0.224 e. The van der Waals surface area contributed by atoms with Crippen LogP contribution in [-0.2, 0) is 17.6 Å². The number of carbonyl (C=O) groups excluding carboxylic acids is 1. The van der Waals surface area contributed by atoms with Crippen LogP contribution in [0.3, 0.4) is 0 Å². The first kappa shape index (κ1) is 17.4. The third kappa shape index (κ3) is 6.01. The van der Waals surface area contributed by atoms with Crippen LogP contribution < -0.4 is 10.0 Å². The van der Waals surface area contributed by atoms with Gasteiger partial charge in [-0.15, -0.1) is 0 Å². The predicted octanol–water partition coefficient (Wildman–Crippen LogP) is 4.32. The van der Waals surface area contributed by atoms with Gasteiger partial charge in [0.15, 0.2) is 0 Å². The van der Waals surface area contributed by atoms with Crippen LogP contribution in [-0.4, -0.2) is 17.2 Å². The van der Waals surface area contributed by atoms with E-state index in [1.807, 2.05) is 6.07 Å². The summed E-state index contributed by atoms with van der Waals surface area (Å²) < 4.78 is 3.60. The van der Waals surface area contributed by atoms with Crippen LogP contribution in [0.2, 0.25) is 0 Å². The summed E-state index contributed by atoms with van der Waals surface area (Å²) in [5, 5.41) is 3.02. The molecule has 0 bridgehead atoms. The lowest BCUT2D eigenvalue weighted by molar-refractivity contribution is -0.116. The van der Waals surface area contributed by atoms with Crippen molar-refractivity contribution in [3.63, 3.8) is 0 Å². The lowest BCUT2D eigenvalue weighted by atomic mass is 10.1. The van der Waals surface area contributed by atoms with E-state index < -0.39 is 0 Å². The summed E-state index contributed by atoms with van der Waals surface area (Å²) >= 11 is 1.76. The van der Waals surface area contributed by atoms with Gasteiger partial charge in [0.2, 0.25) is 5.91 Å². The van der Waals surface area contributed by atoms with E-state index in [0.717, 1.165) is 31.5 Å². The monoisotopic (exact) mass is 320 g/mol. The van der Waals surface area contributed by atoms with Gasteiger partial charge in [-0.25, -0.2) is 0 Å². The maximum absolute atomic E-state index is 12.0. The first-order valence-electron chi connectivity index (χ1n) is 8.26. The van der Waals surface area contributed by atoms with E-state index in [0.29, 0.717) is 6.42 Å². The van der Waals surface area contributed by atoms with Gasteiger partial charge >= 0.3 is 0 Å². The zero-order valence-electron chi connectivity index (χ0n) is 14.0. The molecule has 0 spiro atoms. The van der Waals surface area contributed by atoms with Crippen molar-refractivity contribution < 1.29 is 4.79 Å². The zero-order valence-corrected chi connectivity index (χ0v) is 14.8. The Labute approximate surface area is 138 Å². The SMILES string of the molecule is CC(C)(C)SNCCCCC(=O)Nc1ccc2c(c1)CCC2. The molecule has 3 nitrogen and oxygen atoms in total. The quantitative estimate of drug-likeness (QED) is 0.580. The minimum absolute atomic E-state index is 0.126. The van der Waals surface area contributed by atoms with Gasteiger partial charge in [0.25, 0.3) is 0 Å². The number of nitrogens with one attached hydrogen (secondary N) is 2. The Morgan fingerprint density at radius 1 is 1.18 bits per heavy atom. The van der Waals surface area contributed by atoms with E-state index in [1.54, 1.807) is 11.9 Å². The average molecular weight is 321 g/mol. The molecule has 0 saturated carbocycles. The van der Waals surface area contributed by atoms with Gasteiger partial charge in [0.1, 0.15) is 0 Å². The van der Waals surface area contributed by atoms with E-state index in [1.165, 1.54) is 24.0 Å². The molecule has 0 heterocycles. The van der Waals surface area contributed by atoms with E-state index in [2.05, 4.69) is 42.9 Å². The van der Waals surface area contributed by atoms with E-state index in [4.69, 9.17) is 0 Å². The van der Waals surface area contributed by atoms with E-state index in [-0.39, 0.29) is 10.7 Å². The van der Waals surface area contributed by atoms with Gasteiger partial charge in [-0.3, -0.25) is 9.52 Å². The van der Waals surface area contributed by atoms with Crippen LogP contribution in [0.4, 0.5) is 5.69 Å². The lowest BCUT2D eigenvalue weighted by Gasteiger charge is -2.17. The van der Waals surface area contributed by atoms with Gasteiger partial charge in [-0.1, -0.05) is 18.0 Å². The predicted molar refractivity (Wildman–Crippen MR) is 96.3 cm³/mol. The van der Waals surface area contributed by atoms with Crippen molar-refractivity contribution in [2.24, 2.45) is 0 Å². The second kappa shape index (κ2) is 8.02. The maximum atomic E-state index is 12.0. The third-order valence-corrected chi connectivity index (χ3v) is 4.65. The molecule has 1 amide bonds. The number of anilines is 1. The number of benzene rings is 1. The largest absolute Gasteiger partial charge is 0.326 e. The number of aryl methyl sites for hydroxylation is 2. The molecule has 0 saturated heterocycles. The summed E-state index contributed by atoms with van der Waals surface area (Å²) in [6, 6.07) is 6.33. The average Bonchev–Trinajstić information content (AvgIpc) is 2.89. The lowest BCUT2D eigenvalue weighted by Crippen LogP contribution is -2.18. The molecular formula is C18H28N2OS. The van der Waals surface area contributed by atoms with Crippen LogP contribution >= 0.6 is 11.9 Å². The molecule has 122 valence electrons. The zero-order chi connectivity index (χ0) is 16.0. The fourth-order valence-electron chi connectivity index (χ4n) is 2.62. The molecule has 2 rings (SSSR count). The fourth-order valence-corrected chi connectivity index (χ4v) is 3.30. The molecular weight excluding hydrogens is 292 g/mol. The molecule has 1 aromatic carbocycles. The van der Waals surface area contributed by atoms with Gasteiger partial charge < -0.3 is 5.32 Å². The number of fused-ring (bicyclic) bond motifs is 1. The van der Waals surface area contributed by atoms with Crippen LogP contribution in [0.5, 0.6) is 0 Å². The van der Waals surface area contributed by atoms with E-state index in [9.17, 15) is 4.79 Å². The number of hydrogen-bond acceptors (Lipinski definition) is 3. The molecule has 0 radical (unpaired) electrons. The molecule has 0 aromatic heterocycles. The highest BCUT2D eigenvalue weighted by Crippen LogP contribution is 2.25. The molecule has 1 aliphatic rings. The third-order valence-electron chi connectivity index (χ3n) is 3.69. The van der Waals surface area contributed by atoms with Crippen molar-refractivity contribution in [2.45, 2.75) is 64.0 Å². The van der Waals surface area contributed by atoms with Crippen molar-refractivity contribution in [1.29, 1.82) is 0 Å². The highest BCUT2D eigenvalue weighted by molar-refractivity contribution is 7.98. The Morgan fingerprint density at radius 3 is 2.73 bits per heavy atom. The Hall–Kier alpha value is -1.00. The molecule has 0 fully saturated rings. The summed E-state index contributed by atoms with van der Waals surface area (Å²) in [7, 11) is 0. The fraction of sp³-hybridized carbons (Fsp3) is 0.611. The molecule has 0 aliphatic heterocycles. The summed E-state index contributed by atoms with van der Waals surface area (Å²) in [5.41, 5.74) is 3.80. The van der Waals surface area contributed by atoms with Crippen molar-refractivity contribution in [3.8, 4) is 0 Å². The normalized spacial score (nSPS) is 14.0. The maximum Gasteiger partial charge on any atom is 0.224 e. The molecule has 1 aliphatic carbocycles. The second-order valence-electron chi connectivity index (χ2n) is 6.95. The van der Waals surface area contributed by atoms with Crippen molar-refractivity contribution in [3.05, 3.63) is 29.3 Å². The van der Waals surface area contributed by atoms with Gasteiger partial charge in [0.05, 0.1) is 0 Å². The Bertz CT molecular complexity index is 508. The summed E-state index contributed by atoms with van der Waals surface area (Å²) in [6.45, 7) is 7.52. The van der Waals surface area contributed by atoms with Gasteiger partial charge in [0, 0.05) is 23.4 Å². The number of carbonyl (C=O) groups is 1. The molecule has 4 heteroatoms.